The molecule has 10 aromatic carbocycles. The minimum Gasteiger partial charge on any atom is -0.462 e. The van der Waals surface area contributed by atoms with E-state index in [4.69, 9.17) is 37.9 Å². The van der Waals surface area contributed by atoms with Crippen LogP contribution in [0, 0.1) is 164 Å². The van der Waals surface area contributed by atoms with Gasteiger partial charge >= 0.3 is 47.8 Å². The van der Waals surface area contributed by atoms with Crippen molar-refractivity contribution in [2.45, 2.75) is 79.8 Å². The third-order valence-corrected chi connectivity index (χ3v) is 17.4. The van der Waals surface area contributed by atoms with E-state index in [-0.39, 0.29) is 70.9 Å². The Balaban J connectivity index is 0.000000289. The van der Waals surface area contributed by atoms with Crippen molar-refractivity contribution in [2.75, 3.05) is 26.4 Å². The predicted molar refractivity (Wildman–Crippen MR) is 406 cm³/mol. The highest BCUT2D eigenvalue weighted by molar-refractivity contribution is 6.00. The number of rotatable bonds is 24. The van der Waals surface area contributed by atoms with Crippen LogP contribution in [0.5, 0.6) is 0 Å². The molecule has 10 aromatic rings. The van der Waals surface area contributed by atoms with Crippen molar-refractivity contribution in [1.29, 1.82) is 0 Å². The standard InChI is InChI=1S/2C46H28F10O8/c2*1-3-17-61-43(57)25-11-5-23(6-12-25)9-15-27-19-30(46(60)64-22-32-35(49)39(53)42(56)40(54)36(32)50)28(16-10-24-7-13-26(14-8-24)44(58)62-18-4-2)20-29(27)45(59)63-21-31-33(47)37(51)41(55)38(52)34(31)48/h2*5-8,11-14,19-20H,3-4,17-18,21-22H2,1-2H3. The number of benzene rings is 10. The summed E-state index contributed by atoms with van der Waals surface area (Å²) in [6, 6.07) is 24.8. The van der Waals surface area contributed by atoms with Gasteiger partial charge in [0, 0.05) is 44.5 Å². The van der Waals surface area contributed by atoms with Gasteiger partial charge in [-0.1, -0.05) is 75.1 Å². The Morgan fingerprint density at radius 2 is 0.352 bits per heavy atom. The molecule has 0 saturated heterocycles. The molecule has 0 aliphatic rings. The van der Waals surface area contributed by atoms with Crippen molar-refractivity contribution in [3.05, 3.63) is 349 Å². The fourth-order valence-electron chi connectivity index (χ4n) is 10.7. The maximum absolute atomic E-state index is 14.5. The quantitative estimate of drug-likeness (QED) is 0.0137. The summed E-state index contributed by atoms with van der Waals surface area (Å²) in [5, 5.41) is 0. The normalized spacial score (nSPS) is 10.6. The van der Waals surface area contributed by atoms with Gasteiger partial charge < -0.3 is 37.9 Å². The van der Waals surface area contributed by atoms with Crippen LogP contribution in [-0.2, 0) is 64.3 Å². The molecule has 36 heteroatoms. The molecule has 10 rings (SSSR count). The maximum atomic E-state index is 14.5. The third-order valence-electron chi connectivity index (χ3n) is 17.4. The van der Waals surface area contributed by atoms with E-state index in [1.54, 1.807) is 27.7 Å². The van der Waals surface area contributed by atoms with E-state index < -0.39 is 257 Å². The summed E-state index contributed by atoms with van der Waals surface area (Å²) in [6.45, 7) is 1.52. The molecule has 16 nitrogen and oxygen atoms in total. The van der Waals surface area contributed by atoms with Gasteiger partial charge in [-0.15, -0.1) is 0 Å². The van der Waals surface area contributed by atoms with E-state index in [1.165, 1.54) is 97.1 Å². The summed E-state index contributed by atoms with van der Waals surface area (Å²) in [6.07, 6.45) is 2.18. The van der Waals surface area contributed by atoms with E-state index >= 15 is 0 Å². The molecule has 128 heavy (non-hydrogen) atoms. The van der Waals surface area contributed by atoms with Crippen LogP contribution in [0.2, 0.25) is 0 Å². The Bertz CT molecular complexity index is 5450. The van der Waals surface area contributed by atoms with Gasteiger partial charge in [-0.3, -0.25) is 0 Å². The van der Waals surface area contributed by atoms with Crippen LogP contribution in [-0.4, -0.2) is 74.2 Å². The first-order valence-corrected chi connectivity index (χ1v) is 37.2. The molecule has 0 aliphatic heterocycles. The smallest absolute Gasteiger partial charge is 0.339 e. The van der Waals surface area contributed by atoms with Gasteiger partial charge in [0.15, 0.2) is 93.1 Å². The van der Waals surface area contributed by atoms with Crippen LogP contribution >= 0.6 is 0 Å². The fraction of sp³-hybridized carbons (Fsp3) is 0.174. The molecular formula is C92H56F20O16. The molecule has 0 unspecified atom stereocenters. The summed E-state index contributed by atoms with van der Waals surface area (Å²) >= 11 is 0. The van der Waals surface area contributed by atoms with Crippen molar-refractivity contribution < 1.29 is 164 Å². The second kappa shape index (κ2) is 43.9. The minimum atomic E-state index is -2.48. The topological polar surface area (TPSA) is 210 Å². The number of ether oxygens (including phenoxy) is 8. The van der Waals surface area contributed by atoms with Gasteiger partial charge in [-0.2, -0.15) is 0 Å². The van der Waals surface area contributed by atoms with Crippen LogP contribution in [0.25, 0.3) is 0 Å². The lowest BCUT2D eigenvalue weighted by atomic mass is 9.97. The number of hydrogen-bond donors (Lipinski definition) is 0. The van der Waals surface area contributed by atoms with Crippen LogP contribution in [0.15, 0.2) is 121 Å². The molecule has 0 aromatic heterocycles. The van der Waals surface area contributed by atoms with Crippen molar-refractivity contribution in [2.24, 2.45) is 0 Å². The number of hydrogen-bond acceptors (Lipinski definition) is 16. The molecule has 0 atom stereocenters. The summed E-state index contributed by atoms with van der Waals surface area (Å²) < 4.78 is 323. The predicted octanol–water partition coefficient (Wildman–Crippen LogP) is 19.4. The summed E-state index contributed by atoms with van der Waals surface area (Å²) in [4.78, 5) is 104. The average Bonchev–Trinajstić information content (AvgIpc) is 0.769. The second-order valence-electron chi connectivity index (χ2n) is 26.2. The van der Waals surface area contributed by atoms with Crippen molar-refractivity contribution in [3.63, 3.8) is 0 Å². The molecule has 660 valence electrons. The molecular weight excluding hydrogens is 1740 g/mol. The van der Waals surface area contributed by atoms with Crippen molar-refractivity contribution in [1.82, 2.24) is 0 Å². The molecule has 0 radical (unpaired) electrons. The molecule has 0 fully saturated rings. The van der Waals surface area contributed by atoms with Gasteiger partial charge in [0.25, 0.3) is 0 Å². The minimum absolute atomic E-state index is 0.129. The zero-order valence-corrected chi connectivity index (χ0v) is 66.1. The Kier molecular flexibility index (Phi) is 33.1. The van der Waals surface area contributed by atoms with Crippen molar-refractivity contribution in [3.8, 4) is 47.4 Å². The first-order valence-electron chi connectivity index (χ1n) is 37.2. The lowest BCUT2D eigenvalue weighted by Crippen LogP contribution is -2.15. The van der Waals surface area contributed by atoms with Crippen molar-refractivity contribution >= 4 is 47.8 Å². The summed E-state index contributed by atoms with van der Waals surface area (Å²) in [7, 11) is 0. The lowest BCUT2D eigenvalue weighted by molar-refractivity contribution is 0.0447. The van der Waals surface area contributed by atoms with Crippen LogP contribution in [0.3, 0.4) is 0 Å². The zero-order valence-electron chi connectivity index (χ0n) is 66.1. The third kappa shape index (κ3) is 23.0. The molecule has 0 heterocycles. The largest absolute Gasteiger partial charge is 0.462 e. The molecule has 0 saturated carbocycles. The number of carbonyl (C=O) groups excluding carboxylic acids is 8. The number of esters is 8. The molecule has 0 N–H and O–H groups in total. The van der Waals surface area contributed by atoms with Gasteiger partial charge in [0.05, 0.1) is 93.2 Å². The van der Waals surface area contributed by atoms with Gasteiger partial charge in [-0.05, 0) is 147 Å². The first kappa shape index (κ1) is 96.6. The van der Waals surface area contributed by atoms with Crippen LogP contribution in [0.1, 0.15) is 203 Å². The highest BCUT2D eigenvalue weighted by Crippen LogP contribution is 2.32. The van der Waals surface area contributed by atoms with Crippen LogP contribution in [0.4, 0.5) is 87.8 Å². The van der Waals surface area contributed by atoms with E-state index in [9.17, 15) is 126 Å². The van der Waals surface area contributed by atoms with Crippen LogP contribution < -0.4 is 0 Å². The Hall–Kier alpha value is -15.2. The molecule has 0 spiro atoms. The van der Waals surface area contributed by atoms with E-state index in [2.05, 4.69) is 47.4 Å². The molecule has 0 amide bonds. The number of halogens is 20. The Morgan fingerprint density at radius 1 is 0.203 bits per heavy atom. The maximum Gasteiger partial charge on any atom is 0.339 e. The first-order chi connectivity index (χ1) is 61.0. The Morgan fingerprint density at radius 3 is 0.500 bits per heavy atom. The monoisotopic (exact) mass is 1800 g/mol. The number of carbonyl (C=O) groups is 8. The fourth-order valence-corrected chi connectivity index (χ4v) is 10.7. The summed E-state index contributed by atoms with van der Waals surface area (Å²) in [5.41, 5.74) is -9.59. The second-order valence-corrected chi connectivity index (χ2v) is 26.2. The van der Waals surface area contributed by atoms with E-state index in [1.807, 2.05) is 0 Å². The Labute approximate surface area is 711 Å². The van der Waals surface area contributed by atoms with E-state index in [0.717, 1.165) is 24.3 Å². The summed E-state index contributed by atoms with van der Waals surface area (Å²) in [5.74, 6) is -35.2. The molecule has 0 aliphatic carbocycles. The van der Waals surface area contributed by atoms with Gasteiger partial charge in [0.1, 0.15) is 26.4 Å². The molecule has 0 bridgehead atoms. The van der Waals surface area contributed by atoms with Gasteiger partial charge in [-0.25, -0.2) is 126 Å². The van der Waals surface area contributed by atoms with Gasteiger partial charge in [0.2, 0.25) is 23.3 Å². The highest BCUT2D eigenvalue weighted by Gasteiger charge is 2.33. The highest BCUT2D eigenvalue weighted by atomic mass is 19.2. The SMILES string of the molecule is CCCOC(=O)c1ccc(C#Cc2cc(C(=O)OCc3c(F)c(F)c(F)c(F)c3F)c(C#Cc3ccc(C(=O)OCCC)cc3)cc2C(=O)OCc2c(F)c(F)c(F)c(F)c2F)cc1.CCCOC(=O)c1ccc(C#Cc2cc(C(=O)OCc3c(F)c(F)c(F)c(F)c3F)c(C#Cc3ccc(C(=O)OCCC)cc3)cc2C(=O)OCc2c(F)c(F)c(F)c(F)c2F)cc1. The average molecular weight is 1800 g/mol. The van der Waals surface area contributed by atoms with E-state index in [0.29, 0.717) is 25.7 Å². The zero-order chi connectivity index (χ0) is 93.7. The lowest BCUT2D eigenvalue weighted by Gasteiger charge is -2.13.